The molecule has 6 aromatic carbocycles. The molecular formula is C49H40BN3S2. The summed E-state index contributed by atoms with van der Waals surface area (Å²) < 4.78 is 5.28. The van der Waals surface area contributed by atoms with Gasteiger partial charge < -0.3 is 4.90 Å². The van der Waals surface area contributed by atoms with E-state index in [4.69, 9.17) is 4.98 Å². The van der Waals surface area contributed by atoms with Crippen molar-refractivity contribution in [3.05, 3.63) is 145 Å². The van der Waals surface area contributed by atoms with E-state index in [-0.39, 0.29) is 17.5 Å². The molecule has 266 valence electrons. The molecule has 3 nitrogen and oxygen atoms in total. The third kappa shape index (κ3) is 4.90. The quantitative estimate of drug-likeness (QED) is 0.164. The van der Waals surface area contributed by atoms with Gasteiger partial charge >= 0.3 is 0 Å². The lowest BCUT2D eigenvalue weighted by Crippen LogP contribution is -2.61. The SMILES string of the molecule is CC(C)(C)c1ccc(N2c3cc4c(cc3B3c5cc6sc7ccccc7c6cc5N(c5ccc(C(C)(C)C)cc5)c5nccc2c53)sc2ccccc24)cc1. The molecule has 2 aliphatic heterocycles. The maximum Gasteiger partial charge on any atom is 0.254 e. The van der Waals surface area contributed by atoms with Crippen LogP contribution in [0.3, 0.4) is 0 Å². The van der Waals surface area contributed by atoms with Gasteiger partial charge in [-0.3, -0.25) is 4.90 Å². The lowest BCUT2D eigenvalue weighted by Gasteiger charge is -2.43. The number of anilines is 6. The number of hydrogen-bond acceptors (Lipinski definition) is 5. The van der Waals surface area contributed by atoms with E-state index in [9.17, 15) is 0 Å². The van der Waals surface area contributed by atoms with Gasteiger partial charge in [0.25, 0.3) is 6.71 Å². The number of thiophene rings is 2. The summed E-state index contributed by atoms with van der Waals surface area (Å²) in [6, 6.07) is 48.3. The van der Waals surface area contributed by atoms with Gasteiger partial charge in [0.05, 0.1) is 0 Å². The van der Waals surface area contributed by atoms with Crippen LogP contribution in [0.15, 0.2) is 134 Å². The van der Waals surface area contributed by atoms with Crippen LogP contribution in [-0.2, 0) is 10.8 Å². The fourth-order valence-corrected chi connectivity index (χ4v) is 11.3. The Bertz CT molecular complexity index is 2810. The highest BCUT2D eigenvalue weighted by molar-refractivity contribution is 7.26. The van der Waals surface area contributed by atoms with E-state index in [2.05, 4.69) is 179 Å². The topological polar surface area (TPSA) is 19.4 Å². The molecule has 0 bridgehead atoms. The molecule has 0 radical (unpaired) electrons. The molecule has 0 fully saturated rings. The van der Waals surface area contributed by atoms with Crippen molar-refractivity contribution in [2.24, 2.45) is 0 Å². The zero-order chi connectivity index (χ0) is 37.4. The highest BCUT2D eigenvalue weighted by Crippen LogP contribution is 2.47. The maximum absolute atomic E-state index is 5.32. The van der Waals surface area contributed by atoms with Crippen LogP contribution in [0.4, 0.5) is 34.3 Å². The fraction of sp³-hybridized carbons (Fsp3) is 0.163. The largest absolute Gasteiger partial charge is 0.311 e. The number of hydrogen-bond donors (Lipinski definition) is 0. The second kappa shape index (κ2) is 11.5. The molecule has 0 saturated carbocycles. The second-order valence-corrected chi connectivity index (χ2v) is 19.4. The zero-order valence-electron chi connectivity index (χ0n) is 31.9. The number of benzene rings is 6. The van der Waals surface area contributed by atoms with Crippen molar-refractivity contribution in [2.45, 2.75) is 52.4 Å². The van der Waals surface area contributed by atoms with Crippen molar-refractivity contribution in [1.29, 1.82) is 0 Å². The Kier molecular flexibility index (Phi) is 6.92. The summed E-state index contributed by atoms with van der Waals surface area (Å²) in [6.45, 7) is 13.7. The number of rotatable bonds is 2. The number of nitrogens with zero attached hydrogens (tertiary/aromatic N) is 3. The first-order chi connectivity index (χ1) is 26.5. The summed E-state index contributed by atoms with van der Waals surface area (Å²) in [5.74, 6) is 0.996. The minimum Gasteiger partial charge on any atom is -0.311 e. The summed E-state index contributed by atoms with van der Waals surface area (Å²) in [5.41, 5.74) is 12.6. The van der Waals surface area contributed by atoms with E-state index in [0.717, 1.165) is 17.2 Å². The van der Waals surface area contributed by atoms with Crippen LogP contribution in [0.1, 0.15) is 52.7 Å². The first-order valence-electron chi connectivity index (χ1n) is 19.2. The van der Waals surface area contributed by atoms with Gasteiger partial charge in [0, 0.05) is 75.0 Å². The molecule has 0 spiro atoms. The molecule has 0 aliphatic carbocycles. The predicted molar refractivity (Wildman–Crippen MR) is 241 cm³/mol. The molecule has 5 heterocycles. The van der Waals surface area contributed by atoms with Crippen molar-refractivity contribution < 1.29 is 0 Å². The molecule has 6 heteroatoms. The standard InChI is InChI=1S/C49H40BN3S2/c1-48(2,3)29-15-19-31(20-16-29)52-39-23-24-51-47-46(39)50(37-27-44-35(25-40(37)52)33-11-7-9-13-42(33)54-44)38-28-45-36(34-12-8-10-14-43(34)55-45)26-41(38)53(47)32-21-17-30(18-22-32)49(4,5)6/h7-28H,1-6H3. The van der Waals surface area contributed by atoms with Crippen LogP contribution in [0, 0.1) is 0 Å². The van der Waals surface area contributed by atoms with Crippen molar-refractivity contribution in [3.63, 3.8) is 0 Å². The van der Waals surface area contributed by atoms with Crippen molar-refractivity contribution in [1.82, 2.24) is 4.98 Å². The van der Waals surface area contributed by atoms with Gasteiger partial charge in [-0.25, -0.2) is 4.98 Å². The molecule has 2 aliphatic rings. The number of pyridine rings is 1. The van der Waals surface area contributed by atoms with Gasteiger partial charge in [-0.15, -0.1) is 22.7 Å². The van der Waals surface area contributed by atoms with Gasteiger partial charge in [-0.1, -0.05) is 102 Å². The average Bonchev–Trinajstić information content (AvgIpc) is 3.73. The van der Waals surface area contributed by atoms with E-state index < -0.39 is 0 Å². The van der Waals surface area contributed by atoms with Crippen LogP contribution in [-0.4, -0.2) is 11.7 Å². The molecular weight excluding hydrogens is 706 g/mol. The van der Waals surface area contributed by atoms with Gasteiger partial charge in [0.1, 0.15) is 5.82 Å². The Morgan fingerprint density at radius 3 is 1.45 bits per heavy atom. The van der Waals surface area contributed by atoms with Gasteiger partial charge in [-0.05, 0) is 105 Å². The Labute approximate surface area is 330 Å². The van der Waals surface area contributed by atoms with Gasteiger partial charge in [0.2, 0.25) is 0 Å². The zero-order valence-corrected chi connectivity index (χ0v) is 33.6. The summed E-state index contributed by atoms with van der Waals surface area (Å²) in [5, 5.41) is 5.23. The molecule has 9 aromatic rings. The molecule has 0 saturated heterocycles. The molecule has 0 N–H and O–H groups in total. The van der Waals surface area contributed by atoms with Crippen LogP contribution in [0.25, 0.3) is 40.3 Å². The Hall–Kier alpha value is -5.43. The first kappa shape index (κ1) is 33.0. The third-order valence-corrected chi connectivity index (χ3v) is 14.1. The molecule has 0 unspecified atom stereocenters. The van der Waals surface area contributed by atoms with Crippen molar-refractivity contribution >= 4 is 120 Å². The van der Waals surface area contributed by atoms with E-state index in [1.165, 1.54) is 84.9 Å². The van der Waals surface area contributed by atoms with Crippen LogP contribution >= 0.6 is 22.7 Å². The predicted octanol–water partition coefficient (Wildman–Crippen LogP) is 12.5. The van der Waals surface area contributed by atoms with Crippen molar-refractivity contribution in [2.75, 3.05) is 9.80 Å². The summed E-state index contributed by atoms with van der Waals surface area (Å²) in [7, 11) is 0. The summed E-state index contributed by atoms with van der Waals surface area (Å²) in [6.07, 6.45) is 2.02. The number of aromatic nitrogens is 1. The van der Waals surface area contributed by atoms with Crippen LogP contribution in [0.5, 0.6) is 0 Å². The minimum absolute atomic E-state index is 0.00289. The molecule has 0 amide bonds. The molecule has 11 rings (SSSR count). The van der Waals surface area contributed by atoms with Gasteiger partial charge in [0.15, 0.2) is 0 Å². The summed E-state index contributed by atoms with van der Waals surface area (Å²) in [4.78, 5) is 10.3. The molecule has 3 aromatic heterocycles. The lowest BCUT2D eigenvalue weighted by atomic mass is 9.33. The highest BCUT2D eigenvalue weighted by Gasteiger charge is 2.44. The highest BCUT2D eigenvalue weighted by atomic mass is 32.1. The van der Waals surface area contributed by atoms with E-state index in [1.807, 2.05) is 28.9 Å². The normalized spacial score (nSPS) is 13.9. The monoisotopic (exact) mass is 745 g/mol. The van der Waals surface area contributed by atoms with Crippen LogP contribution < -0.4 is 26.2 Å². The third-order valence-electron chi connectivity index (χ3n) is 11.8. The van der Waals surface area contributed by atoms with E-state index >= 15 is 0 Å². The second-order valence-electron chi connectivity index (χ2n) is 17.3. The van der Waals surface area contributed by atoms with E-state index in [1.54, 1.807) is 0 Å². The maximum atomic E-state index is 5.32. The Morgan fingerprint density at radius 2 is 0.945 bits per heavy atom. The molecule has 0 atom stereocenters. The lowest BCUT2D eigenvalue weighted by molar-refractivity contribution is 0.590. The minimum atomic E-state index is 0.00289. The fourth-order valence-electron chi connectivity index (χ4n) is 8.99. The molecule has 55 heavy (non-hydrogen) atoms. The first-order valence-corrected chi connectivity index (χ1v) is 20.9. The Balaban J connectivity index is 1.24. The number of fused-ring (bicyclic) bond motifs is 10. The smallest absolute Gasteiger partial charge is 0.254 e. The van der Waals surface area contributed by atoms with Crippen LogP contribution in [0.2, 0.25) is 0 Å². The average molecular weight is 746 g/mol. The van der Waals surface area contributed by atoms with Gasteiger partial charge in [-0.2, -0.15) is 0 Å². The van der Waals surface area contributed by atoms with E-state index in [0.29, 0.717) is 0 Å². The summed E-state index contributed by atoms with van der Waals surface area (Å²) >= 11 is 3.79. The van der Waals surface area contributed by atoms with Crippen molar-refractivity contribution in [3.8, 4) is 0 Å². The Morgan fingerprint density at radius 1 is 0.473 bits per heavy atom.